The highest BCUT2D eigenvalue weighted by Gasteiger charge is 2.19. The Bertz CT molecular complexity index is 838. The van der Waals surface area contributed by atoms with Crippen molar-refractivity contribution in [3.05, 3.63) is 56.5 Å². The van der Waals surface area contributed by atoms with E-state index in [2.05, 4.69) is 9.94 Å². The van der Waals surface area contributed by atoms with Gasteiger partial charge in [-0.15, -0.1) is 0 Å². The predicted molar refractivity (Wildman–Crippen MR) is 89.4 cm³/mol. The van der Waals surface area contributed by atoms with Crippen LogP contribution in [0.15, 0.2) is 18.2 Å². The summed E-state index contributed by atoms with van der Waals surface area (Å²) in [5.41, 5.74) is 6.58. The Morgan fingerprint density at radius 1 is 1.48 bits per heavy atom. The third-order valence-corrected chi connectivity index (χ3v) is 3.72. The number of aliphatic hydroxyl groups excluding tert-OH is 1. The minimum Gasteiger partial charge on any atom is -0.394 e. The standard InChI is InChI=1S/C15H11Cl2N5O/c1-20-13(7-9-11(16)3-2-4-12(9)17)14-10(8-18)15(19)22(21-14)5-6-23/h2-4,7,23H,5-6,19H2. The van der Waals surface area contributed by atoms with E-state index in [1.165, 1.54) is 10.8 Å². The van der Waals surface area contributed by atoms with Gasteiger partial charge in [-0.3, -0.25) is 0 Å². The molecule has 0 aliphatic rings. The van der Waals surface area contributed by atoms with E-state index in [4.69, 9.17) is 40.6 Å². The second-order valence-corrected chi connectivity index (χ2v) is 5.26. The number of hydrogen-bond donors (Lipinski definition) is 2. The minimum absolute atomic E-state index is 0.0730. The number of aliphatic hydroxyl groups is 1. The molecule has 2 rings (SSSR count). The number of nitrogens with zero attached hydrogens (tertiary/aromatic N) is 4. The van der Waals surface area contributed by atoms with E-state index >= 15 is 0 Å². The SMILES string of the molecule is [C-]#[N+]C(=Cc1c(Cl)cccc1Cl)c1nn(CCO)c(N)c1C#N. The first-order valence-corrected chi connectivity index (χ1v) is 7.19. The number of rotatable bonds is 4. The van der Waals surface area contributed by atoms with Crippen molar-refractivity contribution in [2.24, 2.45) is 0 Å². The average Bonchev–Trinajstić information content (AvgIpc) is 2.84. The fourth-order valence-electron chi connectivity index (χ4n) is 1.97. The van der Waals surface area contributed by atoms with Gasteiger partial charge in [0.1, 0.15) is 23.1 Å². The van der Waals surface area contributed by atoms with E-state index in [-0.39, 0.29) is 35.9 Å². The largest absolute Gasteiger partial charge is 0.394 e. The first-order chi connectivity index (χ1) is 11.0. The Morgan fingerprint density at radius 2 is 2.13 bits per heavy atom. The fourth-order valence-corrected chi connectivity index (χ4v) is 2.48. The second-order valence-electron chi connectivity index (χ2n) is 4.44. The van der Waals surface area contributed by atoms with Crippen molar-refractivity contribution >= 4 is 40.8 Å². The lowest BCUT2D eigenvalue weighted by atomic mass is 10.1. The molecule has 6 nitrogen and oxygen atoms in total. The fraction of sp³-hybridized carbons (Fsp3) is 0.133. The summed E-state index contributed by atoms with van der Waals surface area (Å²) < 4.78 is 1.28. The smallest absolute Gasteiger partial charge is 0.216 e. The van der Waals surface area contributed by atoms with Crippen LogP contribution in [0.4, 0.5) is 5.82 Å². The molecule has 0 radical (unpaired) electrons. The lowest BCUT2D eigenvalue weighted by Gasteiger charge is -2.02. The van der Waals surface area contributed by atoms with Crippen LogP contribution in [0.3, 0.4) is 0 Å². The van der Waals surface area contributed by atoms with Crippen LogP contribution in [0.25, 0.3) is 16.6 Å². The van der Waals surface area contributed by atoms with Crippen LogP contribution >= 0.6 is 23.2 Å². The summed E-state index contributed by atoms with van der Waals surface area (Å²) in [6.45, 7) is 7.30. The van der Waals surface area contributed by atoms with E-state index in [0.29, 0.717) is 15.6 Å². The lowest BCUT2D eigenvalue weighted by molar-refractivity contribution is 0.270. The van der Waals surface area contributed by atoms with Crippen LogP contribution in [0.1, 0.15) is 16.8 Å². The molecular formula is C15H11Cl2N5O. The highest BCUT2D eigenvalue weighted by molar-refractivity contribution is 6.37. The van der Waals surface area contributed by atoms with Gasteiger partial charge in [-0.25, -0.2) is 9.53 Å². The number of anilines is 1. The maximum atomic E-state index is 9.27. The molecule has 116 valence electrons. The van der Waals surface area contributed by atoms with Crippen molar-refractivity contribution in [1.29, 1.82) is 5.26 Å². The molecule has 8 heteroatoms. The molecule has 0 bridgehead atoms. The van der Waals surface area contributed by atoms with Crippen LogP contribution < -0.4 is 5.73 Å². The van der Waals surface area contributed by atoms with Gasteiger partial charge in [0, 0.05) is 15.6 Å². The number of hydrogen-bond acceptors (Lipinski definition) is 4. The highest BCUT2D eigenvalue weighted by Crippen LogP contribution is 2.31. The Labute approximate surface area is 142 Å². The molecule has 0 fully saturated rings. The van der Waals surface area contributed by atoms with Gasteiger partial charge in [0.05, 0.1) is 19.7 Å². The second kappa shape index (κ2) is 7.17. The van der Waals surface area contributed by atoms with E-state index in [1.807, 2.05) is 6.07 Å². The summed E-state index contributed by atoms with van der Waals surface area (Å²) in [5.74, 6) is 0.0938. The van der Waals surface area contributed by atoms with Gasteiger partial charge >= 0.3 is 0 Å². The molecule has 0 spiro atoms. The Hall–Kier alpha value is -2.51. The van der Waals surface area contributed by atoms with Gasteiger partial charge in [-0.1, -0.05) is 29.3 Å². The molecule has 23 heavy (non-hydrogen) atoms. The first kappa shape index (κ1) is 16.9. The number of nitrogens with two attached hydrogens (primary N) is 1. The molecule has 3 N–H and O–H groups in total. The van der Waals surface area contributed by atoms with Crippen LogP contribution in [0, 0.1) is 17.9 Å². The maximum Gasteiger partial charge on any atom is 0.216 e. The molecule has 0 atom stereocenters. The van der Waals surface area contributed by atoms with E-state index < -0.39 is 0 Å². The molecule has 0 aliphatic heterocycles. The summed E-state index contributed by atoms with van der Waals surface area (Å²) in [4.78, 5) is 3.41. The van der Waals surface area contributed by atoms with Gasteiger partial charge in [-0.05, 0) is 18.2 Å². The number of aromatic nitrogens is 2. The highest BCUT2D eigenvalue weighted by atomic mass is 35.5. The predicted octanol–water partition coefficient (Wildman–Crippen LogP) is 3.05. The Kier molecular flexibility index (Phi) is 5.25. The number of halogens is 2. The lowest BCUT2D eigenvalue weighted by Crippen LogP contribution is -2.07. The molecule has 0 unspecified atom stereocenters. The summed E-state index contributed by atoms with van der Waals surface area (Å²) in [5, 5.41) is 23.2. The summed E-state index contributed by atoms with van der Waals surface area (Å²) in [7, 11) is 0. The third-order valence-electron chi connectivity index (χ3n) is 3.06. The summed E-state index contributed by atoms with van der Waals surface area (Å²) in [6.07, 6.45) is 1.46. The monoisotopic (exact) mass is 347 g/mol. The maximum absolute atomic E-state index is 9.27. The van der Waals surface area contributed by atoms with Crippen molar-refractivity contribution in [3.8, 4) is 6.07 Å². The van der Waals surface area contributed by atoms with Crippen molar-refractivity contribution in [2.75, 3.05) is 12.3 Å². The van der Waals surface area contributed by atoms with E-state index in [1.54, 1.807) is 18.2 Å². The molecule has 0 saturated carbocycles. The molecule has 0 aliphatic carbocycles. The topological polar surface area (TPSA) is 92.2 Å². The van der Waals surface area contributed by atoms with Gasteiger partial charge < -0.3 is 10.8 Å². The molecule has 0 saturated heterocycles. The number of benzene rings is 1. The first-order valence-electron chi connectivity index (χ1n) is 6.44. The Balaban J connectivity index is 2.64. The van der Waals surface area contributed by atoms with E-state index in [0.717, 1.165) is 0 Å². The number of nitrogen functional groups attached to an aromatic ring is 1. The number of nitriles is 1. The average molecular weight is 348 g/mol. The van der Waals surface area contributed by atoms with Gasteiger partial charge in [-0.2, -0.15) is 10.4 Å². The quantitative estimate of drug-likeness (QED) is 0.831. The molecule has 0 amide bonds. The van der Waals surface area contributed by atoms with Gasteiger partial charge in [0.15, 0.2) is 0 Å². The van der Waals surface area contributed by atoms with Crippen LogP contribution in [0.5, 0.6) is 0 Å². The molecule has 1 aromatic heterocycles. The molecule has 1 aromatic carbocycles. The molecule has 1 heterocycles. The molecular weight excluding hydrogens is 337 g/mol. The van der Waals surface area contributed by atoms with Crippen molar-refractivity contribution < 1.29 is 5.11 Å². The summed E-state index contributed by atoms with van der Waals surface area (Å²) >= 11 is 12.2. The third kappa shape index (κ3) is 3.30. The van der Waals surface area contributed by atoms with Gasteiger partial charge in [0.2, 0.25) is 5.70 Å². The minimum atomic E-state index is -0.191. The van der Waals surface area contributed by atoms with Crippen LogP contribution in [0.2, 0.25) is 10.0 Å². The zero-order valence-corrected chi connectivity index (χ0v) is 13.3. The zero-order valence-electron chi connectivity index (χ0n) is 11.8. The van der Waals surface area contributed by atoms with Gasteiger partial charge in [0.25, 0.3) is 0 Å². The summed E-state index contributed by atoms with van der Waals surface area (Å²) in [6, 6.07) is 6.91. The zero-order chi connectivity index (χ0) is 17.0. The molecule has 2 aromatic rings. The van der Waals surface area contributed by atoms with Crippen molar-refractivity contribution in [3.63, 3.8) is 0 Å². The Morgan fingerprint density at radius 3 is 2.65 bits per heavy atom. The van der Waals surface area contributed by atoms with Crippen LogP contribution in [-0.2, 0) is 6.54 Å². The van der Waals surface area contributed by atoms with Crippen molar-refractivity contribution in [1.82, 2.24) is 9.78 Å². The van der Waals surface area contributed by atoms with Crippen LogP contribution in [-0.4, -0.2) is 21.5 Å². The normalized spacial score (nSPS) is 11.1. The van der Waals surface area contributed by atoms with Crippen molar-refractivity contribution in [2.45, 2.75) is 6.54 Å². The van der Waals surface area contributed by atoms with E-state index in [9.17, 15) is 5.26 Å².